The monoisotopic (exact) mass is 422 g/mol. The Balaban J connectivity index is 1.36. The molecule has 0 amide bonds. The number of nitrogens with zero attached hydrogens (tertiary/aromatic N) is 4. The van der Waals surface area contributed by atoms with Gasteiger partial charge in [0.15, 0.2) is 0 Å². The second-order valence-electron chi connectivity index (χ2n) is 8.95. The molecule has 2 saturated heterocycles. The Morgan fingerprint density at radius 2 is 2.06 bits per heavy atom. The number of phenols is 1. The van der Waals surface area contributed by atoms with E-state index in [9.17, 15) is 5.11 Å². The molecule has 1 aromatic carbocycles. The molecule has 8 heteroatoms. The van der Waals surface area contributed by atoms with Gasteiger partial charge in [0.05, 0.1) is 30.3 Å². The molecule has 3 aromatic rings. The largest absolute Gasteiger partial charge is 0.507 e. The van der Waals surface area contributed by atoms with E-state index in [4.69, 9.17) is 0 Å². The minimum atomic E-state index is -0.977. The number of phenolic OH excluding ortho intramolecular Hbond substituents is 1. The van der Waals surface area contributed by atoms with Crippen LogP contribution in [0, 0.1) is 0 Å². The van der Waals surface area contributed by atoms with Gasteiger partial charge in [0.25, 0.3) is 0 Å². The number of aromatic amines is 1. The van der Waals surface area contributed by atoms with Crippen molar-refractivity contribution >= 4 is 5.82 Å². The zero-order valence-corrected chi connectivity index (χ0v) is 17.7. The number of hydrogen-bond donors (Lipinski definition) is 3. The number of anilines is 1. The van der Waals surface area contributed by atoms with Gasteiger partial charge in [-0.05, 0) is 50.3 Å². The molecule has 162 valence electrons. The van der Waals surface area contributed by atoms with Crippen molar-refractivity contribution in [2.75, 3.05) is 11.9 Å². The highest BCUT2D eigenvalue weighted by molar-refractivity contribution is 5.73. The van der Waals surface area contributed by atoms with Crippen LogP contribution in [0.1, 0.15) is 32.6 Å². The molecule has 3 N–H and O–H groups in total. The Labute approximate surface area is 180 Å². The van der Waals surface area contributed by atoms with E-state index in [1.807, 2.05) is 31.0 Å². The highest BCUT2D eigenvalue weighted by Crippen LogP contribution is 2.39. The van der Waals surface area contributed by atoms with Gasteiger partial charge in [-0.25, -0.2) is 9.37 Å². The number of nitrogens with one attached hydrogen (secondary N) is 2. The minimum absolute atomic E-state index is 0.122. The van der Waals surface area contributed by atoms with E-state index in [0.29, 0.717) is 23.1 Å². The maximum atomic E-state index is 15.4. The maximum Gasteiger partial charge on any atom is 0.147 e. The van der Waals surface area contributed by atoms with Gasteiger partial charge in [-0.2, -0.15) is 5.10 Å². The van der Waals surface area contributed by atoms with Crippen molar-refractivity contribution in [2.24, 2.45) is 0 Å². The highest BCUT2D eigenvalue weighted by atomic mass is 19.1. The first-order valence-corrected chi connectivity index (χ1v) is 10.7. The zero-order chi connectivity index (χ0) is 21.6. The van der Waals surface area contributed by atoms with Crippen molar-refractivity contribution in [2.45, 2.75) is 56.4 Å². The SMILES string of the molecule is CN(c1cnc(-c2ccc(-c3cn[nH]c3)cc2O)cn1)[C@@H]1CC2CCC[C@](C)(N2)[C@@H]1F. The molecule has 31 heavy (non-hydrogen) atoms. The van der Waals surface area contributed by atoms with Gasteiger partial charge in [-0.1, -0.05) is 6.07 Å². The summed E-state index contributed by atoms with van der Waals surface area (Å²) < 4.78 is 15.4. The number of alkyl halides is 1. The normalized spacial score (nSPS) is 27.8. The summed E-state index contributed by atoms with van der Waals surface area (Å²) in [6.07, 6.45) is 9.56. The average molecular weight is 423 g/mol. The number of aromatic hydroxyl groups is 1. The third-order valence-electron chi connectivity index (χ3n) is 6.86. The third kappa shape index (κ3) is 3.54. The molecule has 2 bridgehead atoms. The summed E-state index contributed by atoms with van der Waals surface area (Å²) in [6.45, 7) is 1.99. The number of H-pyrrole nitrogens is 1. The second-order valence-corrected chi connectivity index (χ2v) is 8.95. The smallest absolute Gasteiger partial charge is 0.147 e. The van der Waals surface area contributed by atoms with Crippen LogP contribution in [0.2, 0.25) is 0 Å². The van der Waals surface area contributed by atoms with Crippen LogP contribution >= 0.6 is 0 Å². The van der Waals surface area contributed by atoms with E-state index in [2.05, 4.69) is 25.5 Å². The summed E-state index contributed by atoms with van der Waals surface area (Å²) in [4.78, 5) is 11.0. The average Bonchev–Trinajstić information content (AvgIpc) is 3.31. The lowest BCUT2D eigenvalue weighted by atomic mass is 9.73. The summed E-state index contributed by atoms with van der Waals surface area (Å²) in [5.41, 5.74) is 2.45. The van der Waals surface area contributed by atoms with E-state index in [1.165, 1.54) is 0 Å². The van der Waals surface area contributed by atoms with Crippen molar-refractivity contribution in [3.05, 3.63) is 43.0 Å². The fourth-order valence-electron chi connectivity index (χ4n) is 5.06. The van der Waals surface area contributed by atoms with E-state index in [-0.39, 0.29) is 11.8 Å². The van der Waals surface area contributed by atoms with Gasteiger partial charge < -0.3 is 15.3 Å². The molecule has 2 aromatic heterocycles. The van der Waals surface area contributed by atoms with Crippen LogP contribution in [0.15, 0.2) is 43.0 Å². The number of fused-ring (bicyclic) bond motifs is 2. The van der Waals surface area contributed by atoms with Crippen LogP contribution in [0.3, 0.4) is 0 Å². The number of piperidine rings is 2. The third-order valence-corrected chi connectivity index (χ3v) is 6.86. The van der Waals surface area contributed by atoms with E-state index >= 15 is 4.39 Å². The predicted octanol–water partition coefficient (Wildman–Crippen LogP) is 3.69. The molecule has 2 aliphatic heterocycles. The molecule has 0 radical (unpaired) electrons. The van der Waals surface area contributed by atoms with Gasteiger partial charge in [0.2, 0.25) is 0 Å². The van der Waals surface area contributed by atoms with Crippen molar-refractivity contribution in [3.8, 4) is 28.1 Å². The number of aromatic nitrogens is 4. The first-order valence-electron chi connectivity index (χ1n) is 10.7. The molecular formula is C23H27FN6O. The van der Waals surface area contributed by atoms with Crippen LogP contribution in [0.25, 0.3) is 22.4 Å². The fourth-order valence-corrected chi connectivity index (χ4v) is 5.06. The summed E-state index contributed by atoms with van der Waals surface area (Å²) in [7, 11) is 1.89. The molecule has 0 saturated carbocycles. The van der Waals surface area contributed by atoms with E-state index < -0.39 is 11.7 Å². The topological polar surface area (TPSA) is 90.0 Å². The van der Waals surface area contributed by atoms with Crippen molar-refractivity contribution < 1.29 is 9.50 Å². The Morgan fingerprint density at radius 1 is 1.19 bits per heavy atom. The summed E-state index contributed by atoms with van der Waals surface area (Å²) in [5.74, 6) is 0.756. The second kappa shape index (κ2) is 7.60. The van der Waals surface area contributed by atoms with E-state index in [1.54, 1.807) is 30.9 Å². The quantitative estimate of drug-likeness (QED) is 0.594. The van der Waals surface area contributed by atoms with Gasteiger partial charge in [-0.3, -0.25) is 10.1 Å². The number of halogens is 1. The first-order chi connectivity index (χ1) is 14.9. The van der Waals surface area contributed by atoms with Gasteiger partial charge in [0, 0.05) is 36.0 Å². The Bertz CT molecular complexity index is 1060. The number of hydrogen-bond acceptors (Lipinski definition) is 6. The highest BCUT2D eigenvalue weighted by Gasteiger charge is 2.49. The van der Waals surface area contributed by atoms with Gasteiger partial charge in [-0.15, -0.1) is 0 Å². The van der Waals surface area contributed by atoms with Crippen molar-refractivity contribution in [1.82, 2.24) is 25.5 Å². The lowest BCUT2D eigenvalue weighted by molar-refractivity contribution is 0.0405. The van der Waals surface area contributed by atoms with Crippen LogP contribution in [-0.4, -0.2) is 56.1 Å². The van der Waals surface area contributed by atoms with Gasteiger partial charge >= 0.3 is 0 Å². The Hall–Kier alpha value is -3.00. The van der Waals surface area contributed by atoms with Crippen molar-refractivity contribution in [1.29, 1.82) is 0 Å². The minimum Gasteiger partial charge on any atom is -0.507 e. The lowest BCUT2D eigenvalue weighted by Crippen LogP contribution is -2.68. The maximum absolute atomic E-state index is 15.4. The number of benzene rings is 1. The Kier molecular flexibility index (Phi) is 4.89. The molecular weight excluding hydrogens is 395 g/mol. The van der Waals surface area contributed by atoms with Crippen LogP contribution in [-0.2, 0) is 0 Å². The molecule has 1 unspecified atom stereocenters. The molecule has 7 nitrogen and oxygen atoms in total. The summed E-state index contributed by atoms with van der Waals surface area (Å²) in [5, 5.41) is 20.7. The summed E-state index contributed by atoms with van der Waals surface area (Å²) in [6, 6.07) is 5.52. The first kappa shape index (κ1) is 19.9. The molecule has 2 fully saturated rings. The van der Waals surface area contributed by atoms with Crippen LogP contribution < -0.4 is 10.2 Å². The predicted molar refractivity (Wildman–Crippen MR) is 118 cm³/mol. The molecule has 5 rings (SSSR count). The molecule has 0 aliphatic carbocycles. The van der Waals surface area contributed by atoms with Crippen LogP contribution in [0.5, 0.6) is 5.75 Å². The number of rotatable bonds is 4. The van der Waals surface area contributed by atoms with Gasteiger partial charge in [0.1, 0.15) is 17.7 Å². The molecule has 4 heterocycles. The lowest BCUT2D eigenvalue weighted by Gasteiger charge is -2.52. The fraction of sp³-hybridized carbons (Fsp3) is 0.435. The zero-order valence-electron chi connectivity index (χ0n) is 17.7. The summed E-state index contributed by atoms with van der Waals surface area (Å²) >= 11 is 0. The molecule has 0 spiro atoms. The Morgan fingerprint density at radius 3 is 2.77 bits per heavy atom. The van der Waals surface area contributed by atoms with Crippen LogP contribution in [0.4, 0.5) is 10.2 Å². The van der Waals surface area contributed by atoms with Crippen molar-refractivity contribution in [3.63, 3.8) is 0 Å². The standard InChI is InChI=1S/C23H27FN6O/c1-23-7-3-4-16(29-23)9-19(22(23)24)30(2)21-13-25-18(12-26-21)17-6-5-14(8-20(17)31)15-10-27-28-11-15/h5-6,8,10-13,16,19,22,29,31H,3-4,7,9H2,1-2H3,(H,27,28)/t16?,19-,22-,23+/m1/s1. The van der Waals surface area contributed by atoms with E-state index in [0.717, 1.165) is 36.8 Å². The molecule has 4 atom stereocenters. The molecule has 2 aliphatic rings.